The number of nitrogens with zero attached hydrogens (tertiary/aromatic N) is 2. The minimum Gasteiger partial charge on any atom is -0.299 e. The van der Waals surface area contributed by atoms with E-state index in [0.29, 0.717) is 14.4 Å². The molecule has 1 unspecified atom stereocenters. The van der Waals surface area contributed by atoms with E-state index in [1.165, 1.54) is 19.0 Å². The Labute approximate surface area is 88.9 Å². The van der Waals surface area contributed by atoms with Crippen LogP contribution in [0, 0.1) is 6.92 Å². The molecule has 0 N–H and O–H groups in total. The Morgan fingerprint density at radius 1 is 1.64 bits per heavy atom. The van der Waals surface area contributed by atoms with Gasteiger partial charge in [0, 0.05) is 10.7 Å². The van der Waals surface area contributed by atoms with Crippen molar-refractivity contribution < 1.29 is 8.42 Å². The summed E-state index contributed by atoms with van der Waals surface area (Å²) in [6, 6.07) is 0. The number of aromatic nitrogens is 2. The zero-order chi connectivity index (χ0) is 10.3. The molecule has 1 fully saturated rings. The van der Waals surface area contributed by atoms with Crippen molar-refractivity contribution in [3.05, 3.63) is 12.0 Å². The molecule has 2 rings (SSSR count). The predicted octanol–water partition coefficient (Wildman–Crippen LogP) is 1.72. The van der Waals surface area contributed by atoms with Crippen LogP contribution in [0.4, 0.5) is 0 Å². The van der Waals surface area contributed by atoms with Crippen molar-refractivity contribution in [2.24, 2.45) is 0 Å². The van der Waals surface area contributed by atoms with Crippen LogP contribution in [-0.4, -0.2) is 23.4 Å². The van der Waals surface area contributed by atoms with Crippen LogP contribution in [0.25, 0.3) is 0 Å². The minimum absolute atomic E-state index is 0.127. The second kappa shape index (κ2) is 3.47. The molecule has 1 aromatic rings. The largest absolute Gasteiger partial charge is 0.299 e. The van der Waals surface area contributed by atoms with Crippen LogP contribution in [0.5, 0.6) is 0 Å². The molecular formula is C7H10ClN2O2PS. The SMILES string of the molecule is Cc1ncc(S(=O)(=O)Cl)n1PC1CC1. The van der Waals surface area contributed by atoms with Crippen LogP contribution in [0.3, 0.4) is 0 Å². The third-order valence-corrected chi connectivity index (χ3v) is 5.23. The third kappa shape index (κ3) is 2.10. The minimum atomic E-state index is -3.65. The number of aryl methyl sites for hydroxylation is 1. The fraction of sp³-hybridized carbons (Fsp3) is 0.571. The van der Waals surface area contributed by atoms with Gasteiger partial charge in [0.05, 0.1) is 6.20 Å². The first-order chi connectivity index (χ1) is 6.48. The lowest BCUT2D eigenvalue weighted by atomic mass is 10.8. The van der Waals surface area contributed by atoms with E-state index >= 15 is 0 Å². The van der Waals surface area contributed by atoms with E-state index in [-0.39, 0.29) is 5.03 Å². The van der Waals surface area contributed by atoms with Gasteiger partial charge in [0.2, 0.25) is 0 Å². The van der Waals surface area contributed by atoms with Gasteiger partial charge in [-0.25, -0.2) is 13.4 Å². The van der Waals surface area contributed by atoms with E-state index in [1.54, 1.807) is 11.3 Å². The van der Waals surface area contributed by atoms with Gasteiger partial charge in [-0.1, -0.05) is 0 Å². The Balaban J connectivity index is 2.39. The summed E-state index contributed by atoms with van der Waals surface area (Å²) >= 11 is 0. The monoisotopic (exact) mass is 252 g/mol. The Hall–Kier alpha value is -0.120. The second-order valence-corrected chi connectivity index (χ2v) is 7.36. The zero-order valence-corrected chi connectivity index (χ0v) is 10.1. The average molecular weight is 253 g/mol. The summed E-state index contributed by atoms with van der Waals surface area (Å²) in [4.78, 5) is 3.97. The van der Waals surface area contributed by atoms with E-state index < -0.39 is 9.05 Å². The lowest BCUT2D eigenvalue weighted by Crippen LogP contribution is -1.99. The molecule has 0 aliphatic heterocycles. The van der Waals surface area contributed by atoms with E-state index in [2.05, 4.69) is 4.98 Å². The summed E-state index contributed by atoms with van der Waals surface area (Å²) in [7, 11) is 2.10. The van der Waals surface area contributed by atoms with Crippen LogP contribution in [-0.2, 0) is 9.05 Å². The van der Waals surface area contributed by atoms with Gasteiger partial charge in [-0.2, -0.15) is 0 Å². The van der Waals surface area contributed by atoms with Gasteiger partial charge in [-0.15, -0.1) is 0 Å². The molecule has 7 heteroatoms. The molecule has 4 nitrogen and oxygen atoms in total. The van der Waals surface area contributed by atoms with E-state index in [9.17, 15) is 8.42 Å². The van der Waals surface area contributed by atoms with Crippen molar-refractivity contribution in [1.82, 2.24) is 9.32 Å². The summed E-state index contributed by atoms with van der Waals surface area (Å²) in [5.74, 6) is 0.717. The van der Waals surface area contributed by atoms with Crippen molar-refractivity contribution in [2.75, 3.05) is 0 Å². The lowest BCUT2D eigenvalue weighted by molar-refractivity contribution is 0.605. The summed E-state index contributed by atoms with van der Waals surface area (Å²) in [6.45, 7) is 1.79. The molecule has 1 heterocycles. The third-order valence-electron chi connectivity index (χ3n) is 2.04. The van der Waals surface area contributed by atoms with Crippen molar-refractivity contribution in [3.63, 3.8) is 0 Å². The van der Waals surface area contributed by atoms with Gasteiger partial charge in [0.15, 0.2) is 5.03 Å². The summed E-state index contributed by atoms with van der Waals surface area (Å²) in [5.41, 5.74) is 0.625. The smallest absolute Gasteiger partial charge is 0.278 e. The van der Waals surface area contributed by atoms with Crippen LogP contribution < -0.4 is 0 Å². The number of hydrogen-bond acceptors (Lipinski definition) is 3. The molecular weight excluding hydrogens is 243 g/mol. The maximum Gasteiger partial charge on any atom is 0.278 e. The summed E-state index contributed by atoms with van der Waals surface area (Å²) in [6.07, 6.45) is 3.68. The summed E-state index contributed by atoms with van der Waals surface area (Å²) in [5, 5.41) is 0.127. The Bertz CT molecular complexity index is 452. The number of imidazole rings is 1. The first-order valence-corrected chi connectivity index (χ1v) is 7.57. The van der Waals surface area contributed by atoms with E-state index in [0.717, 1.165) is 5.82 Å². The number of halogens is 1. The van der Waals surface area contributed by atoms with Gasteiger partial charge in [-0.3, -0.25) is 4.34 Å². The topological polar surface area (TPSA) is 52.0 Å². The Morgan fingerprint density at radius 3 is 2.79 bits per heavy atom. The molecule has 1 atom stereocenters. The highest BCUT2D eigenvalue weighted by molar-refractivity contribution is 8.13. The van der Waals surface area contributed by atoms with Crippen molar-refractivity contribution in [3.8, 4) is 0 Å². The van der Waals surface area contributed by atoms with Gasteiger partial charge >= 0.3 is 0 Å². The highest BCUT2D eigenvalue weighted by Gasteiger charge is 2.26. The van der Waals surface area contributed by atoms with Gasteiger partial charge < -0.3 is 0 Å². The van der Waals surface area contributed by atoms with Gasteiger partial charge in [0.25, 0.3) is 9.05 Å². The molecule has 14 heavy (non-hydrogen) atoms. The average Bonchev–Trinajstić information content (AvgIpc) is 2.76. The molecule has 1 aliphatic carbocycles. The molecule has 1 saturated carbocycles. The van der Waals surface area contributed by atoms with Crippen molar-refractivity contribution >= 4 is 28.5 Å². The standard InChI is InChI=1S/C7H10ClN2O2PS/c1-5-9-4-7(14(8,11)12)10(5)13-6-2-3-6/h4,6,13H,2-3H2,1H3. The Morgan fingerprint density at radius 2 is 2.29 bits per heavy atom. The van der Waals surface area contributed by atoms with E-state index in [4.69, 9.17) is 10.7 Å². The maximum atomic E-state index is 11.2. The first kappa shape index (κ1) is 10.4. The highest BCUT2D eigenvalue weighted by Crippen LogP contribution is 2.42. The molecule has 0 saturated heterocycles. The van der Waals surface area contributed by atoms with Gasteiger partial charge in [-0.05, 0) is 34.2 Å². The van der Waals surface area contributed by atoms with Gasteiger partial charge in [0.1, 0.15) is 5.82 Å². The number of rotatable bonds is 3. The molecule has 0 amide bonds. The molecule has 78 valence electrons. The van der Waals surface area contributed by atoms with Crippen LogP contribution >= 0.6 is 19.4 Å². The molecule has 1 aliphatic rings. The molecule has 0 spiro atoms. The number of hydrogen-bond donors (Lipinski definition) is 0. The predicted molar refractivity (Wildman–Crippen MR) is 56.7 cm³/mol. The fourth-order valence-corrected chi connectivity index (χ4v) is 3.91. The highest BCUT2D eigenvalue weighted by atomic mass is 35.7. The van der Waals surface area contributed by atoms with Crippen LogP contribution in [0.15, 0.2) is 11.2 Å². The zero-order valence-electron chi connectivity index (χ0n) is 7.57. The second-order valence-electron chi connectivity index (χ2n) is 3.32. The normalized spacial score (nSPS) is 18.1. The maximum absolute atomic E-state index is 11.2. The lowest BCUT2D eigenvalue weighted by Gasteiger charge is -2.06. The first-order valence-electron chi connectivity index (χ1n) is 4.24. The summed E-state index contributed by atoms with van der Waals surface area (Å²) < 4.78 is 24.1. The fourth-order valence-electron chi connectivity index (χ4n) is 1.15. The van der Waals surface area contributed by atoms with Crippen molar-refractivity contribution in [1.29, 1.82) is 0 Å². The molecule has 1 aromatic heterocycles. The van der Waals surface area contributed by atoms with Crippen LogP contribution in [0.1, 0.15) is 18.7 Å². The molecule has 0 bridgehead atoms. The quantitative estimate of drug-likeness (QED) is 0.608. The molecule has 0 radical (unpaired) electrons. The van der Waals surface area contributed by atoms with Crippen LogP contribution in [0.2, 0.25) is 0 Å². The van der Waals surface area contributed by atoms with Crippen molar-refractivity contribution in [2.45, 2.75) is 30.5 Å². The Kier molecular flexibility index (Phi) is 2.58. The van der Waals surface area contributed by atoms with E-state index in [1.807, 2.05) is 0 Å². The molecule has 0 aromatic carbocycles.